The molecule has 0 radical (unpaired) electrons. The summed E-state index contributed by atoms with van der Waals surface area (Å²) in [6.07, 6.45) is 0.539. The molecule has 0 spiro atoms. The number of fused-ring (bicyclic) bond motifs is 1. The van der Waals surface area contributed by atoms with Crippen LogP contribution in [0.3, 0.4) is 0 Å². The van der Waals surface area contributed by atoms with Crippen molar-refractivity contribution in [1.82, 2.24) is 5.32 Å². The highest BCUT2D eigenvalue weighted by atomic mass is 32.1. The summed E-state index contributed by atoms with van der Waals surface area (Å²) < 4.78 is 5.44. The largest absolute Gasteiger partial charge is 0.493 e. The average molecular weight is 303 g/mol. The summed E-state index contributed by atoms with van der Waals surface area (Å²) in [6.45, 7) is 0.925. The molecule has 0 saturated heterocycles. The molecule has 2 aromatic rings. The molecule has 1 aliphatic rings. The summed E-state index contributed by atoms with van der Waals surface area (Å²) in [7, 11) is 0. The first-order valence-electron chi connectivity index (χ1n) is 6.94. The lowest BCUT2D eigenvalue weighted by Crippen LogP contribution is -2.29. The van der Waals surface area contributed by atoms with Gasteiger partial charge in [-0.3, -0.25) is 4.79 Å². The Kier molecular flexibility index (Phi) is 4.22. The fourth-order valence-corrected chi connectivity index (χ4v) is 3.05. The lowest BCUT2D eigenvalue weighted by Gasteiger charge is -2.13. The molecule has 1 amide bonds. The van der Waals surface area contributed by atoms with Gasteiger partial charge in [0, 0.05) is 13.0 Å². The van der Waals surface area contributed by atoms with Gasteiger partial charge in [0.05, 0.1) is 19.1 Å². The highest BCUT2D eigenvalue weighted by Crippen LogP contribution is 2.27. The third kappa shape index (κ3) is 3.43. The molecule has 0 unspecified atom stereocenters. The fourth-order valence-electron chi connectivity index (χ4n) is 2.38. The van der Waals surface area contributed by atoms with Crippen LogP contribution >= 0.6 is 11.3 Å². The van der Waals surface area contributed by atoms with E-state index in [9.17, 15) is 9.90 Å². The van der Waals surface area contributed by atoms with Gasteiger partial charge in [0.25, 0.3) is 0 Å². The molecule has 0 aliphatic carbocycles. The minimum Gasteiger partial charge on any atom is -0.493 e. The Morgan fingerprint density at radius 1 is 1.43 bits per heavy atom. The van der Waals surface area contributed by atoms with E-state index in [0.29, 0.717) is 13.0 Å². The van der Waals surface area contributed by atoms with Crippen molar-refractivity contribution in [2.24, 2.45) is 0 Å². The molecule has 1 aromatic carbocycles. The predicted octanol–water partition coefficient (Wildman–Crippen LogP) is 2.08. The van der Waals surface area contributed by atoms with Crippen molar-refractivity contribution in [3.63, 3.8) is 0 Å². The number of ether oxygens (including phenoxy) is 1. The number of hydrogen-bond donors (Lipinski definition) is 2. The van der Waals surface area contributed by atoms with E-state index in [1.807, 2.05) is 35.0 Å². The molecule has 1 atom stereocenters. The molecule has 1 aliphatic heterocycles. The third-order valence-corrected chi connectivity index (χ3v) is 4.27. The zero-order chi connectivity index (χ0) is 14.7. The maximum atomic E-state index is 11.8. The Labute approximate surface area is 127 Å². The summed E-state index contributed by atoms with van der Waals surface area (Å²) in [6, 6.07) is 7.62. The van der Waals surface area contributed by atoms with E-state index >= 15 is 0 Å². The number of aliphatic hydroxyl groups is 1. The third-order valence-electron chi connectivity index (χ3n) is 3.54. The second-order valence-corrected chi connectivity index (χ2v) is 5.87. The molecular formula is C16H17NO3S. The molecule has 4 nitrogen and oxygen atoms in total. The fraction of sp³-hybridized carbons (Fsp3) is 0.312. The van der Waals surface area contributed by atoms with Crippen LogP contribution < -0.4 is 10.1 Å². The van der Waals surface area contributed by atoms with Gasteiger partial charge in [-0.1, -0.05) is 6.07 Å². The van der Waals surface area contributed by atoms with Crippen LogP contribution in [0.25, 0.3) is 0 Å². The molecule has 2 heterocycles. The summed E-state index contributed by atoms with van der Waals surface area (Å²) in [5, 5.41) is 16.8. The van der Waals surface area contributed by atoms with Gasteiger partial charge in [-0.05, 0) is 45.6 Å². The molecule has 1 aromatic heterocycles. The number of rotatable bonds is 5. The average Bonchev–Trinajstić information content (AvgIpc) is 3.14. The number of benzene rings is 1. The number of thiophene rings is 1. The Hall–Kier alpha value is -1.85. The molecule has 110 valence electrons. The van der Waals surface area contributed by atoms with E-state index in [-0.39, 0.29) is 12.5 Å². The van der Waals surface area contributed by atoms with Crippen LogP contribution in [0.15, 0.2) is 35.0 Å². The SMILES string of the molecule is O=C(Cc1ccsc1)NC[C@H](O)c1ccc2c(c1)CCO2. The van der Waals surface area contributed by atoms with Gasteiger partial charge < -0.3 is 15.2 Å². The number of carbonyl (C=O) groups is 1. The number of hydrogen-bond acceptors (Lipinski definition) is 4. The maximum Gasteiger partial charge on any atom is 0.224 e. The standard InChI is InChI=1S/C16H17NO3S/c18-14(9-17-16(19)7-11-4-6-21-10-11)12-1-2-15-13(8-12)3-5-20-15/h1-2,4,6,8,10,14,18H,3,5,7,9H2,(H,17,19)/t14-/m0/s1. The van der Waals surface area contributed by atoms with Gasteiger partial charge in [0.1, 0.15) is 5.75 Å². The first-order valence-corrected chi connectivity index (χ1v) is 7.88. The monoisotopic (exact) mass is 303 g/mol. The first-order chi connectivity index (χ1) is 10.2. The normalized spacial score (nSPS) is 14.3. The lowest BCUT2D eigenvalue weighted by atomic mass is 10.0. The van der Waals surface area contributed by atoms with Crippen molar-refractivity contribution >= 4 is 17.2 Å². The number of aliphatic hydroxyl groups excluding tert-OH is 1. The van der Waals surface area contributed by atoms with Gasteiger partial charge >= 0.3 is 0 Å². The minimum absolute atomic E-state index is 0.0723. The van der Waals surface area contributed by atoms with Crippen LogP contribution in [0.1, 0.15) is 22.8 Å². The van der Waals surface area contributed by atoms with E-state index in [2.05, 4.69) is 5.32 Å². The molecule has 0 bridgehead atoms. The van der Waals surface area contributed by atoms with Crippen LogP contribution in [0, 0.1) is 0 Å². The van der Waals surface area contributed by atoms with Crippen molar-refractivity contribution in [2.75, 3.05) is 13.2 Å². The molecule has 3 rings (SSSR count). The smallest absolute Gasteiger partial charge is 0.224 e. The van der Waals surface area contributed by atoms with Gasteiger partial charge in [-0.25, -0.2) is 0 Å². The topological polar surface area (TPSA) is 58.6 Å². The summed E-state index contributed by atoms with van der Waals surface area (Å²) in [5.74, 6) is 0.824. The molecule has 21 heavy (non-hydrogen) atoms. The van der Waals surface area contributed by atoms with Crippen molar-refractivity contribution in [3.05, 3.63) is 51.7 Å². The van der Waals surface area contributed by atoms with Crippen molar-refractivity contribution in [1.29, 1.82) is 0 Å². The van der Waals surface area contributed by atoms with Gasteiger partial charge in [-0.15, -0.1) is 0 Å². The van der Waals surface area contributed by atoms with E-state index in [1.54, 1.807) is 11.3 Å². The summed E-state index contributed by atoms with van der Waals surface area (Å²) >= 11 is 1.57. The van der Waals surface area contributed by atoms with E-state index in [1.165, 1.54) is 0 Å². The van der Waals surface area contributed by atoms with Crippen molar-refractivity contribution < 1.29 is 14.6 Å². The van der Waals surface area contributed by atoms with Crippen molar-refractivity contribution in [3.8, 4) is 5.75 Å². The van der Waals surface area contributed by atoms with Gasteiger partial charge in [-0.2, -0.15) is 11.3 Å². The van der Waals surface area contributed by atoms with Crippen LogP contribution in [-0.2, 0) is 17.6 Å². The number of carbonyl (C=O) groups excluding carboxylic acids is 1. The minimum atomic E-state index is -0.692. The van der Waals surface area contributed by atoms with Crippen LogP contribution in [0.5, 0.6) is 5.75 Å². The zero-order valence-corrected chi connectivity index (χ0v) is 12.4. The quantitative estimate of drug-likeness (QED) is 0.889. The molecule has 5 heteroatoms. The molecule has 2 N–H and O–H groups in total. The maximum absolute atomic E-state index is 11.8. The van der Waals surface area contributed by atoms with Gasteiger partial charge in [0.15, 0.2) is 0 Å². The Morgan fingerprint density at radius 3 is 3.14 bits per heavy atom. The van der Waals surface area contributed by atoms with E-state index in [4.69, 9.17) is 4.74 Å². The van der Waals surface area contributed by atoms with Crippen LogP contribution in [-0.4, -0.2) is 24.2 Å². The Balaban J connectivity index is 1.54. The number of nitrogens with one attached hydrogen (secondary N) is 1. The van der Waals surface area contributed by atoms with Crippen LogP contribution in [0.2, 0.25) is 0 Å². The Morgan fingerprint density at radius 2 is 2.33 bits per heavy atom. The second kappa shape index (κ2) is 6.28. The predicted molar refractivity (Wildman–Crippen MR) is 81.6 cm³/mol. The molecular weight excluding hydrogens is 286 g/mol. The van der Waals surface area contributed by atoms with E-state index < -0.39 is 6.10 Å². The molecule has 0 fully saturated rings. The highest BCUT2D eigenvalue weighted by molar-refractivity contribution is 7.07. The van der Waals surface area contributed by atoms with E-state index in [0.717, 1.165) is 28.9 Å². The first kappa shape index (κ1) is 14.1. The zero-order valence-electron chi connectivity index (χ0n) is 11.5. The van der Waals surface area contributed by atoms with Crippen molar-refractivity contribution in [2.45, 2.75) is 18.9 Å². The lowest BCUT2D eigenvalue weighted by molar-refractivity contribution is -0.120. The molecule has 0 saturated carbocycles. The van der Waals surface area contributed by atoms with Gasteiger partial charge in [0.2, 0.25) is 5.91 Å². The summed E-state index contributed by atoms with van der Waals surface area (Å²) in [5.41, 5.74) is 2.94. The van der Waals surface area contributed by atoms with Crippen LogP contribution in [0.4, 0.5) is 0 Å². The highest BCUT2D eigenvalue weighted by Gasteiger charge is 2.16. The Bertz CT molecular complexity index is 624. The number of amides is 1. The second-order valence-electron chi connectivity index (χ2n) is 5.09. The summed E-state index contributed by atoms with van der Waals surface area (Å²) in [4.78, 5) is 11.8.